The Hall–Kier alpha value is -2.48. The van der Waals surface area contributed by atoms with Gasteiger partial charge in [-0.15, -0.1) is 0 Å². The molecule has 1 aliphatic heterocycles. The van der Waals surface area contributed by atoms with Crippen molar-refractivity contribution in [2.75, 3.05) is 6.79 Å². The van der Waals surface area contributed by atoms with Crippen LogP contribution in [0.4, 0.5) is 0 Å². The molecule has 1 heterocycles. The first-order chi connectivity index (χ1) is 12.0. The molecule has 2 aromatic carbocycles. The lowest BCUT2D eigenvalue weighted by Gasteiger charge is -2.30. The fraction of sp³-hybridized carbons (Fsp3) is 0.304. The first-order valence-corrected chi connectivity index (χ1v) is 8.96. The van der Waals surface area contributed by atoms with Crippen molar-refractivity contribution in [2.45, 2.75) is 33.6 Å². The summed E-state index contributed by atoms with van der Waals surface area (Å²) in [5, 5.41) is 0. The maximum atomic E-state index is 5.64. The van der Waals surface area contributed by atoms with Gasteiger partial charge in [-0.3, -0.25) is 0 Å². The Bertz CT molecular complexity index is 960. The van der Waals surface area contributed by atoms with Crippen LogP contribution in [0.5, 0.6) is 11.5 Å². The summed E-state index contributed by atoms with van der Waals surface area (Å²) in [5.41, 5.74) is 9.92. The van der Waals surface area contributed by atoms with E-state index >= 15 is 0 Å². The molecule has 3 aliphatic rings. The molecule has 0 bridgehead atoms. The molecule has 0 N–H and O–H groups in total. The summed E-state index contributed by atoms with van der Waals surface area (Å²) in [5.74, 6) is 1.77. The zero-order valence-corrected chi connectivity index (χ0v) is 15.0. The van der Waals surface area contributed by atoms with Gasteiger partial charge in [0.1, 0.15) is 0 Å². The molecule has 126 valence electrons. The van der Waals surface area contributed by atoms with E-state index in [2.05, 4.69) is 63.2 Å². The molecule has 0 atom stereocenters. The first kappa shape index (κ1) is 14.8. The molecular formula is C23H22O2. The van der Waals surface area contributed by atoms with Crippen molar-refractivity contribution in [1.29, 1.82) is 0 Å². The van der Waals surface area contributed by atoms with Gasteiger partial charge in [0.15, 0.2) is 11.5 Å². The van der Waals surface area contributed by atoms with Gasteiger partial charge >= 0.3 is 0 Å². The molecular weight excluding hydrogens is 308 g/mol. The summed E-state index contributed by atoms with van der Waals surface area (Å²) >= 11 is 0. The summed E-state index contributed by atoms with van der Waals surface area (Å²) in [6.07, 6.45) is 4.44. The molecule has 5 rings (SSSR count). The Balaban J connectivity index is 1.59. The first-order valence-electron chi connectivity index (χ1n) is 8.96. The van der Waals surface area contributed by atoms with Gasteiger partial charge in [-0.2, -0.15) is 0 Å². The van der Waals surface area contributed by atoms with Gasteiger partial charge in [-0.05, 0) is 59.7 Å². The van der Waals surface area contributed by atoms with Gasteiger partial charge in [-0.1, -0.05) is 55.3 Å². The number of fused-ring (bicyclic) bond motifs is 3. The third kappa shape index (κ3) is 2.10. The highest BCUT2D eigenvalue weighted by molar-refractivity contribution is 5.85. The molecule has 0 amide bonds. The molecule has 0 unspecified atom stereocenters. The topological polar surface area (TPSA) is 18.5 Å². The molecule has 0 saturated heterocycles. The van der Waals surface area contributed by atoms with Crippen LogP contribution in [-0.4, -0.2) is 6.79 Å². The minimum Gasteiger partial charge on any atom is -0.454 e. The van der Waals surface area contributed by atoms with Crippen LogP contribution < -0.4 is 9.47 Å². The Morgan fingerprint density at radius 1 is 0.920 bits per heavy atom. The van der Waals surface area contributed by atoms with Crippen LogP contribution in [0, 0.1) is 5.41 Å². The van der Waals surface area contributed by atoms with E-state index in [0.29, 0.717) is 6.79 Å². The lowest BCUT2D eigenvalue weighted by molar-refractivity contribution is 0.174. The second-order valence-electron chi connectivity index (χ2n) is 7.86. The SMILES string of the molecule is CC1=C(C(C)(C)C2=Cc3ccccc3C2)c2cc3c(cc2C1)OCO3. The minimum atomic E-state index is 0.00204. The Labute approximate surface area is 148 Å². The largest absolute Gasteiger partial charge is 0.454 e. The second kappa shape index (κ2) is 5.01. The standard InChI is InChI=1S/C23H22O2/c1-14-8-17-11-20-21(25-13-24-20)12-19(17)22(14)23(2,3)18-9-15-6-4-5-7-16(15)10-18/h4-7,9,11-12H,8,10,13H2,1-3H3. The van der Waals surface area contributed by atoms with E-state index in [-0.39, 0.29) is 5.41 Å². The van der Waals surface area contributed by atoms with Crippen molar-refractivity contribution in [2.24, 2.45) is 5.41 Å². The lowest BCUT2D eigenvalue weighted by Crippen LogP contribution is -2.17. The average molecular weight is 330 g/mol. The number of rotatable bonds is 2. The fourth-order valence-electron chi connectivity index (χ4n) is 4.68. The summed E-state index contributed by atoms with van der Waals surface area (Å²) in [4.78, 5) is 0. The van der Waals surface area contributed by atoms with Crippen LogP contribution >= 0.6 is 0 Å². The highest BCUT2D eigenvalue weighted by Gasteiger charge is 2.37. The highest BCUT2D eigenvalue weighted by atomic mass is 16.7. The lowest BCUT2D eigenvalue weighted by atomic mass is 9.73. The van der Waals surface area contributed by atoms with Crippen LogP contribution in [0.1, 0.15) is 43.0 Å². The van der Waals surface area contributed by atoms with Crippen molar-refractivity contribution in [3.63, 3.8) is 0 Å². The number of benzene rings is 2. The molecule has 0 saturated carbocycles. The molecule has 25 heavy (non-hydrogen) atoms. The van der Waals surface area contributed by atoms with Crippen LogP contribution in [0.2, 0.25) is 0 Å². The van der Waals surface area contributed by atoms with Gasteiger partial charge in [0.05, 0.1) is 0 Å². The molecule has 0 fully saturated rings. The zero-order valence-electron chi connectivity index (χ0n) is 15.0. The van der Waals surface area contributed by atoms with E-state index in [4.69, 9.17) is 9.47 Å². The maximum Gasteiger partial charge on any atom is 0.231 e. The summed E-state index contributed by atoms with van der Waals surface area (Å²) in [6, 6.07) is 13.1. The van der Waals surface area contributed by atoms with E-state index in [0.717, 1.165) is 24.3 Å². The van der Waals surface area contributed by atoms with Crippen molar-refractivity contribution < 1.29 is 9.47 Å². The van der Waals surface area contributed by atoms with E-state index < -0.39 is 0 Å². The predicted octanol–water partition coefficient (Wildman–Crippen LogP) is 5.41. The van der Waals surface area contributed by atoms with E-state index in [1.165, 1.54) is 39.0 Å². The third-order valence-corrected chi connectivity index (χ3v) is 5.94. The van der Waals surface area contributed by atoms with Crippen molar-refractivity contribution in [1.82, 2.24) is 0 Å². The van der Waals surface area contributed by atoms with Gasteiger partial charge in [0.2, 0.25) is 6.79 Å². The van der Waals surface area contributed by atoms with Crippen LogP contribution in [0.3, 0.4) is 0 Å². The Morgan fingerprint density at radius 3 is 2.48 bits per heavy atom. The van der Waals surface area contributed by atoms with E-state index in [9.17, 15) is 0 Å². The van der Waals surface area contributed by atoms with Gasteiger partial charge in [0.25, 0.3) is 0 Å². The molecule has 2 nitrogen and oxygen atoms in total. The van der Waals surface area contributed by atoms with Crippen molar-refractivity contribution >= 4 is 11.6 Å². The second-order valence-corrected chi connectivity index (χ2v) is 7.86. The molecule has 2 aliphatic carbocycles. The summed E-state index contributed by atoms with van der Waals surface area (Å²) < 4.78 is 11.2. The number of allylic oxidation sites excluding steroid dienone is 3. The predicted molar refractivity (Wildman–Crippen MR) is 101 cm³/mol. The highest BCUT2D eigenvalue weighted by Crippen LogP contribution is 2.52. The molecule has 0 aromatic heterocycles. The molecule has 0 radical (unpaired) electrons. The van der Waals surface area contributed by atoms with Crippen molar-refractivity contribution in [3.8, 4) is 11.5 Å². The van der Waals surface area contributed by atoms with E-state index in [1.807, 2.05) is 0 Å². The fourth-order valence-corrected chi connectivity index (χ4v) is 4.68. The monoisotopic (exact) mass is 330 g/mol. The van der Waals surface area contributed by atoms with E-state index in [1.54, 1.807) is 0 Å². The van der Waals surface area contributed by atoms with Gasteiger partial charge < -0.3 is 9.47 Å². The number of hydrogen-bond donors (Lipinski definition) is 0. The Morgan fingerprint density at radius 2 is 1.68 bits per heavy atom. The quantitative estimate of drug-likeness (QED) is 0.733. The molecule has 0 spiro atoms. The van der Waals surface area contributed by atoms with Gasteiger partial charge in [-0.25, -0.2) is 0 Å². The normalized spacial score (nSPS) is 17.6. The van der Waals surface area contributed by atoms with Crippen molar-refractivity contribution in [3.05, 3.63) is 69.8 Å². The van der Waals surface area contributed by atoms with Crippen LogP contribution in [0.15, 0.2) is 47.5 Å². The third-order valence-electron chi connectivity index (χ3n) is 5.94. The maximum absolute atomic E-state index is 5.64. The minimum absolute atomic E-state index is 0.00204. The number of hydrogen-bond acceptors (Lipinski definition) is 2. The number of ether oxygens (including phenoxy) is 2. The average Bonchev–Trinajstić information content (AvgIpc) is 3.27. The van der Waals surface area contributed by atoms with Crippen LogP contribution in [-0.2, 0) is 12.8 Å². The molecule has 2 aromatic rings. The van der Waals surface area contributed by atoms with Crippen LogP contribution in [0.25, 0.3) is 11.6 Å². The molecule has 2 heteroatoms. The van der Waals surface area contributed by atoms with Gasteiger partial charge in [0, 0.05) is 5.41 Å². The summed E-state index contributed by atoms with van der Waals surface area (Å²) in [7, 11) is 0. The smallest absolute Gasteiger partial charge is 0.231 e. The Kier molecular flexibility index (Phi) is 2.97. The zero-order chi connectivity index (χ0) is 17.2. The summed E-state index contributed by atoms with van der Waals surface area (Å²) in [6.45, 7) is 7.33.